The molecule has 0 saturated heterocycles. The summed E-state index contributed by atoms with van der Waals surface area (Å²) in [4.78, 5) is 18.3. The van der Waals surface area contributed by atoms with Crippen LogP contribution in [0.5, 0.6) is 0 Å². The Morgan fingerprint density at radius 3 is 2.24 bits per heavy atom. The van der Waals surface area contributed by atoms with Crippen LogP contribution in [0.15, 0.2) is 84.0 Å². The van der Waals surface area contributed by atoms with Crippen LogP contribution >= 0.6 is 0 Å². The number of pyridine rings is 1. The van der Waals surface area contributed by atoms with E-state index in [1.807, 2.05) is 42.5 Å². The molecule has 1 N–H and O–H groups in total. The van der Waals surface area contributed by atoms with Crippen molar-refractivity contribution >= 4 is 10.8 Å². The lowest BCUT2D eigenvalue weighted by molar-refractivity contribution is -0.480. The van der Waals surface area contributed by atoms with E-state index >= 15 is 0 Å². The fraction of sp³-hybridized carbons (Fsp3) is 0.160. The molecule has 2 aromatic carbocycles. The number of nitro groups is 1. The molecule has 0 spiro atoms. The van der Waals surface area contributed by atoms with Gasteiger partial charge in [-0.25, -0.2) is 4.39 Å². The van der Waals surface area contributed by atoms with Crippen molar-refractivity contribution in [1.29, 1.82) is 0 Å². The second kappa shape index (κ2) is 10.3. The van der Waals surface area contributed by atoms with Gasteiger partial charge >= 0.3 is 0 Å². The maximum Gasteiger partial charge on any atom is 0.203 e. The summed E-state index contributed by atoms with van der Waals surface area (Å²) in [5.41, 5.74) is 5.49. The fourth-order valence-electron chi connectivity index (χ4n) is 3.59. The van der Waals surface area contributed by atoms with Gasteiger partial charge in [0, 0.05) is 45.6 Å². The van der Waals surface area contributed by atoms with Crippen molar-refractivity contribution in [2.45, 2.75) is 17.7 Å². The molecule has 4 rings (SSSR count). The van der Waals surface area contributed by atoms with Crippen LogP contribution in [-0.4, -0.2) is 31.4 Å². The molecule has 0 fully saturated rings. The summed E-state index contributed by atoms with van der Waals surface area (Å²) in [6.45, 7) is -0.0981. The summed E-state index contributed by atoms with van der Waals surface area (Å²) in [6.07, 6.45) is 4.42. The largest absolute Gasteiger partial charge is 0.354 e. The first-order valence-electron chi connectivity index (χ1n) is 10.5. The highest BCUT2D eigenvalue weighted by molar-refractivity contribution is 7.85. The van der Waals surface area contributed by atoms with Crippen LogP contribution < -0.4 is 0 Å². The SMILES string of the molecule is O=[N+]([O-])CCCCS(=O)c1ccc(-c2cc(-c3ccncc3)c(-c3ccc(F)cc3)[nH]2)cc1. The summed E-state index contributed by atoms with van der Waals surface area (Å²) in [7, 11) is -1.20. The van der Waals surface area contributed by atoms with Crippen LogP contribution in [-0.2, 0) is 10.8 Å². The van der Waals surface area contributed by atoms with Crippen LogP contribution in [0.3, 0.4) is 0 Å². The Kier molecular flexibility index (Phi) is 7.04. The van der Waals surface area contributed by atoms with Gasteiger partial charge in [-0.1, -0.05) is 12.1 Å². The van der Waals surface area contributed by atoms with Gasteiger partial charge in [-0.3, -0.25) is 19.3 Å². The molecule has 8 heteroatoms. The van der Waals surface area contributed by atoms with E-state index < -0.39 is 10.8 Å². The van der Waals surface area contributed by atoms with Crippen molar-refractivity contribution in [1.82, 2.24) is 9.97 Å². The molecule has 1 atom stereocenters. The maximum absolute atomic E-state index is 13.5. The first-order valence-corrected chi connectivity index (χ1v) is 11.8. The topological polar surface area (TPSA) is 88.9 Å². The van der Waals surface area contributed by atoms with Gasteiger partial charge in [0.15, 0.2) is 0 Å². The van der Waals surface area contributed by atoms with Crippen LogP contribution in [0.2, 0.25) is 0 Å². The van der Waals surface area contributed by atoms with Crippen LogP contribution in [0.25, 0.3) is 33.6 Å². The average Bonchev–Trinajstić information content (AvgIpc) is 3.28. The van der Waals surface area contributed by atoms with Gasteiger partial charge in [-0.05, 0) is 77.7 Å². The summed E-state index contributed by atoms with van der Waals surface area (Å²) < 4.78 is 25.9. The van der Waals surface area contributed by atoms with E-state index in [-0.39, 0.29) is 17.3 Å². The Hall–Kier alpha value is -3.65. The highest BCUT2D eigenvalue weighted by Gasteiger charge is 2.14. The predicted octanol–water partition coefficient (Wildman–Crippen LogP) is 5.71. The molecule has 0 amide bonds. The number of H-pyrrole nitrogens is 1. The summed E-state index contributed by atoms with van der Waals surface area (Å²) in [5.74, 6) is 0.106. The number of nitrogens with one attached hydrogen (secondary N) is 1. The summed E-state index contributed by atoms with van der Waals surface area (Å²) >= 11 is 0. The highest BCUT2D eigenvalue weighted by Crippen LogP contribution is 2.36. The molecule has 0 aliphatic carbocycles. The molecule has 0 saturated carbocycles. The number of hydrogen-bond acceptors (Lipinski definition) is 4. The smallest absolute Gasteiger partial charge is 0.203 e. The monoisotopic (exact) mass is 463 g/mol. The zero-order chi connectivity index (χ0) is 23.2. The number of rotatable bonds is 9. The molecule has 0 aliphatic rings. The number of halogens is 1. The average molecular weight is 464 g/mol. The molecule has 4 aromatic rings. The number of aromatic amines is 1. The second-order valence-corrected chi connectivity index (χ2v) is 9.12. The lowest BCUT2D eigenvalue weighted by atomic mass is 10.0. The zero-order valence-electron chi connectivity index (χ0n) is 17.7. The van der Waals surface area contributed by atoms with Crippen molar-refractivity contribution in [2.75, 3.05) is 12.3 Å². The number of benzene rings is 2. The van der Waals surface area contributed by atoms with E-state index in [9.17, 15) is 18.7 Å². The normalized spacial score (nSPS) is 11.9. The minimum absolute atomic E-state index is 0.0981. The van der Waals surface area contributed by atoms with Gasteiger partial charge in [-0.2, -0.15) is 0 Å². The summed E-state index contributed by atoms with van der Waals surface area (Å²) in [5, 5.41) is 10.4. The predicted molar refractivity (Wildman–Crippen MR) is 127 cm³/mol. The molecule has 2 aromatic heterocycles. The Labute approximate surface area is 193 Å². The molecule has 0 aliphatic heterocycles. The van der Waals surface area contributed by atoms with E-state index in [0.29, 0.717) is 23.5 Å². The third kappa shape index (κ3) is 5.59. The highest BCUT2D eigenvalue weighted by atomic mass is 32.2. The van der Waals surface area contributed by atoms with Gasteiger partial charge in [-0.15, -0.1) is 0 Å². The Bertz CT molecular complexity index is 1260. The number of hydrogen-bond donors (Lipinski definition) is 1. The lowest BCUT2D eigenvalue weighted by Crippen LogP contribution is -2.04. The van der Waals surface area contributed by atoms with Gasteiger partial charge < -0.3 is 4.98 Å². The Morgan fingerprint density at radius 2 is 1.58 bits per heavy atom. The van der Waals surface area contributed by atoms with E-state index in [1.54, 1.807) is 24.5 Å². The first kappa shape index (κ1) is 22.5. The van der Waals surface area contributed by atoms with Crippen LogP contribution in [0, 0.1) is 15.9 Å². The van der Waals surface area contributed by atoms with Crippen molar-refractivity contribution in [3.05, 3.63) is 95.1 Å². The van der Waals surface area contributed by atoms with Crippen LogP contribution in [0.4, 0.5) is 4.39 Å². The standard InChI is InChI=1S/C25H22FN3O3S/c26-21-7-3-20(4-8-21)25-23(18-11-13-27-14-12-18)17-24(28-25)19-5-9-22(10-6-19)33(32)16-2-1-15-29(30)31/h3-14,17,28H,1-2,15-16H2. The lowest BCUT2D eigenvalue weighted by Gasteiger charge is -2.05. The molecule has 168 valence electrons. The van der Waals surface area contributed by atoms with Gasteiger partial charge in [0.05, 0.1) is 16.5 Å². The molecule has 6 nitrogen and oxygen atoms in total. The Balaban J connectivity index is 1.59. The van der Waals surface area contributed by atoms with Gasteiger partial charge in [0.2, 0.25) is 6.54 Å². The quantitative estimate of drug-likeness (QED) is 0.195. The van der Waals surface area contributed by atoms with Gasteiger partial charge in [0.25, 0.3) is 0 Å². The van der Waals surface area contributed by atoms with Gasteiger partial charge in [0.1, 0.15) is 5.82 Å². The minimum atomic E-state index is -1.20. The second-order valence-electron chi connectivity index (χ2n) is 7.55. The number of aromatic nitrogens is 2. The maximum atomic E-state index is 13.5. The molecule has 2 heterocycles. The third-order valence-corrected chi connectivity index (χ3v) is 6.75. The molecule has 33 heavy (non-hydrogen) atoms. The molecule has 0 bridgehead atoms. The zero-order valence-corrected chi connectivity index (χ0v) is 18.6. The minimum Gasteiger partial charge on any atom is -0.354 e. The Morgan fingerprint density at radius 1 is 0.909 bits per heavy atom. The van der Waals surface area contributed by atoms with Crippen LogP contribution in [0.1, 0.15) is 12.8 Å². The fourth-order valence-corrected chi connectivity index (χ4v) is 4.73. The van der Waals surface area contributed by atoms with E-state index in [1.165, 1.54) is 12.1 Å². The summed E-state index contributed by atoms with van der Waals surface area (Å²) in [6, 6.07) is 19.7. The molecule has 1 unspecified atom stereocenters. The van der Waals surface area contributed by atoms with Crippen molar-refractivity contribution < 1.29 is 13.5 Å². The molecule has 0 radical (unpaired) electrons. The molecular formula is C25H22FN3O3S. The number of nitrogens with zero attached hydrogens (tertiary/aromatic N) is 2. The van der Waals surface area contributed by atoms with E-state index in [4.69, 9.17) is 0 Å². The van der Waals surface area contributed by atoms with E-state index in [2.05, 4.69) is 9.97 Å². The van der Waals surface area contributed by atoms with Crippen molar-refractivity contribution in [2.24, 2.45) is 0 Å². The van der Waals surface area contributed by atoms with E-state index in [0.717, 1.165) is 33.6 Å². The first-order chi connectivity index (χ1) is 16.0. The third-order valence-electron chi connectivity index (χ3n) is 5.29. The number of unbranched alkanes of at least 4 members (excludes halogenated alkanes) is 1. The molecular weight excluding hydrogens is 441 g/mol. The van der Waals surface area contributed by atoms with Crippen molar-refractivity contribution in [3.63, 3.8) is 0 Å². The van der Waals surface area contributed by atoms with Crippen molar-refractivity contribution in [3.8, 4) is 33.6 Å².